The van der Waals surface area contributed by atoms with Crippen molar-refractivity contribution in [2.45, 2.75) is 39.2 Å². The molecule has 188 valence electrons. The van der Waals surface area contributed by atoms with Gasteiger partial charge in [0, 0.05) is 30.9 Å². The van der Waals surface area contributed by atoms with Crippen LogP contribution < -0.4 is 15.6 Å². The number of fused-ring (bicyclic) bond motifs is 1. The molecule has 3 N–H and O–H groups in total. The van der Waals surface area contributed by atoms with Gasteiger partial charge in [0.15, 0.2) is 6.35 Å². The first-order chi connectivity index (χ1) is 17.0. The Morgan fingerprint density at radius 3 is 2.77 bits per heavy atom. The van der Waals surface area contributed by atoms with E-state index in [1.165, 1.54) is 26.1 Å². The van der Waals surface area contributed by atoms with Crippen LogP contribution in [0.15, 0.2) is 36.8 Å². The Hall–Kier alpha value is -2.45. The number of ether oxygens (including phenoxy) is 1. The molecular formula is C25H35N6O3P. The summed E-state index contributed by atoms with van der Waals surface area (Å²) < 4.78 is 26.5. The van der Waals surface area contributed by atoms with Crippen molar-refractivity contribution in [2.75, 3.05) is 44.9 Å². The highest BCUT2D eigenvalue weighted by atomic mass is 31.2. The van der Waals surface area contributed by atoms with Gasteiger partial charge in [0.25, 0.3) is 0 Å². The Labute approximate surface area is 206 Å². The van der Waals surface area contributed by atoms with Gasteiger partial charge < -0.3 is 24.5 Å². The van der Waals surface area contributed by atoms with E-state index in [1.807, 2.05) is 38.1 Å². The number of anilines is 1. The zero-order chi connectivity index (χ0) is 24.4. The quantitative estimate of drug-likeness (QED) is 0.372. The summed E-state index contributed by atoms with van der Waals surface area (Å²) in [6.45, 7) is 8.30. The maximum Gasteiger partial charge on any atom is 0.306 e. The first-order valence-corrected chi connectivity index (χ1v) is 14.4. The fraction of sp³-hybridized carbons (Fsp3) is 0.520. The Kier molecular flexibility index (Phi) is 7.12. The molecule has 0 spiro atoms. The minimum atomic E-state index is -3.06. The third-order valence-corrected chi connectivity index (χ3v) is 8.93. The molecule has 1 saturated carbocycles. The van der Waals surface area contributed by atoms with Crippen LogP contribution in [0, 0.1) is 5.92 Å². The number of nitrogens with two attached hydrogens (primary N) is 1. The molecule has 1 saturated heterocycles. The third-order valence-electron chi connectivity index (χ3n) is 6.99. The first-order valence-electron chi connectivity index (χ1n) is 12.5. The summed E-state index contributed by atoms with van der Waals surface area (Å²) in [5.74, 6) is 1.84. The van der Waals surface area contributed by atoms with Crippen LogP contribution in [-0.2, 0) is 9.09 Å². The highest BCUT2D eigenvalue weighted by Gasteiger charge is 2.34. The van der Waals surface area contributed by atoms with Crippen LogP contribution in [0.3, 0.4) is 0 Å². The molecule has 2 aliphatic rings. The first kappa shape index (κ1) is 24.3. The predicted octanol–water partition coefficient (Wildman–Crippen LogP) is 4.51. The van der Waals surface area contributed by atoms with E-state index >= 15 is 0 Å². The third kappa shape index (κ3) is 5.09. The predicted molar refractivity (Wildman–Crippen MR) is 139 cm³/mol. The molecule has 0 radical (unpaired) electrons. The van der Waals surface area contributed by atoms with E-state index in [0.717, 1.165) is 40.9 Å². The molecule has 2 fully saturated rings. The van der Waals surface area contributed by atoms with Crippen molar-refractivity contribution in [3.05, 3.63) is 36.8 Å². The smallest absolute Gasteiger partial charge is 0.306 e. The van der Waals surface area contributed by atoms with Crippen molar-refractivity contribution >= 4 is 24.4 Å². The van der Waals surface area contributed by atoms with Gasteiger partial charge in [-0.15, -0.1) is 0 Å². The Morgan fingerprint density at radius 1 is 1.23 bits per heavy atom. The highest BCUT2D eigenvalue weighted by molar-refractivity contribution is 7.56. The molecule has 9 nitrogen and oxygen atoms in total. The molecule has 10 heteroatoms. The van der Waals surface area contributed by atoms with Gasteiger partial charge in [-0.1, -0.05) is 19.1 Å². The van der Waals surface area contributed by atoms with Gasteiger partial charge in [0.05, 0.1) is 12.0 Å². The Morgan fingerprint density at radius 2 is 2.06 bits per heavy atom. The minimum Gasteiger partial charge on any atom is -0.482 e. The lowest BCUT2D eigenvalue weighted by atomic mass is 9.79. The lowest BCUT2D eigenvalue weighted by Crippen LogP contribution is -2.43. The van der Waals surface area contributed by atoms with Gasteiger partial charge >= 0.3 is 7.52 Å². The molecule has 1 unspecified atom stereocenters. The van der Waals surface area contributed by atoms with Crippen molar-refractivity contribution in [2.24, 2.45) is 5.92 Å². The van der Waals surface area contributed by atoms with Crippen LogP contribution in [0.2, 0.25) is 0 Å². The van der Waals surface area contributed by atoms with Crippen molar-refractivity contribution in [3.8, 4) is 16.9 Å². The average molecular weight is 499 g/mol. The molecule has 0 amide bonds. The number of aromatic nitrogens is 3. The fourth-order valence-corrected chi connectivity index (χ4v) is 6.58. The van der Waals surface area contributed by atoms with Gasteiger partial charge in [-0.05, 0) is 62.9 Å². The molecule has 0 bridgehead atoms. The van der Waals surface area contributed by atoms with Crippen LogP contribution in [0.1, 0.15) is 39.2 Å². The maximum absolute atomic E-state index is 12.9. The Bertz CT molecular complexity index is 1210. The van der Waals surface area contributed by atoms with E-state index in [1.54, 1.807) is 6.33 Å². The second-order valence-corrected chi connectivity index (χ2v) is 11.6. The molecule has 2 aromatic heterocycles. The van der Waals surface area contributed by atoms with Crippen molar-refractivity contribution in [3.63, 3.8) is 0 Å². The molecule has 1 atom stereocenters. The number of nitrogen functional groups attached to an aromatic ring is 1. The standard InChI is InChI=1S/C25H35N6O3P/c1-3-29-35(32,34-4-2)17-33-21-8-5-7-19(13-21)22-15-31(25-23(22)24(26)27-16-28-25)20-11-18(12-20)14-30-9-6-10-30/h5,7-8,13,15-16,18,20H,3-4,6,9-12,14,17H2,1-2H3,(H,29,32)(H2,26,27,28)/t18-,20+,35?. The topological polar surface area (TPSA) is 108 Å². The van der Waals surface area contributed by atoms with E-state index in [2.05, 4.69) is 30.7 Å². The zero-order valence-corrected chi connectivity index (χ0v) is 21.4. The summed E-state index contributed by atoms with van der Waals surface area (Å²) in [7, 11) is -3.06. The molecule has 1 aliphatic heterocycles. The van der Waals surface area contributed by atoms with E-state index in [4.69, 9.17) is 15.0 Å². The molecule has 3 heterocycles. The van der Waals surface area contributed by atoms with Gasteiger partial charge in [-0.2, -0.15) is 0 Å². The normalized spacial score (nSPS) is 21.9. The van der Waals surface area contributed by atoms with Crippen molar-refractivity contribution in [1.29, 1.82) is 0 Å². The van der Waals surface area contributed by atoms with Gasteiger partial charge in [-0.3, -0.25) is 4.57 Å². The minimum absolute atomic E-state index is 0.0361. The summed E-state index contributed by atoms with van der Waals surface area (Å²) in [5, 5.41) is 3.79. The summed E-state index contributed by atoms with van der Waals surface area (Å²) in [4.78, 5) is 11.4. The van der Waals surface area contributed by atoms with Crippen LogP contribution in [0.25, 0.3) is 22.2 Å². The van der Waals surface area contributed by atoms with Crippen LogP contribution in [0.5, 0.6) is 5.75 Å². The van der Waals surface area contributed by atoms with E-state index in [0.29, 0.717) is 30.8 Å². The van der Waals surface area contributed by atoms with Gasteiger partial charge in [0.1, 0.15) is 23.5 Å². The molecular weight excluding hydrogens is 463 g/mol. The fourth-order valence-electron chi connectivity index (χ4n) is 5.10. The molecule has 35 heavy (non-hydrogen) atoms. The van der Waals surface area contributed by atoms with Crippen LogP contribution in [0.4, 0.5) is 5.82 Å². The summed E-state index contributed by atoms with van der Waals surface area (Å²) in [6, 6.07) is 8.18. The average Bonchev–Trinajstić information content (AvgIpc) is 3.17. The lowest BCUT2D eigenvalue weighted by molar-refractivity contribution is 0.0921. The Balaban J connectivity index is 1.38. The van der Waals surface area contributed by atoms with Gasteiger partial charge in [-0.25, -0.2) is 15.1 Å². The SMILES string of the molecule is CCNP(=O)(COc1cccc(-c2cn([C@H]3C[C@@H](CN4CCC4)C3)c3ncnc(N)c23)c1)OCC. The summed E-state index contributed by atoms with van der Waals surface area (Å²) >= 11 is 0. The number of benzene rings is 1. The van der Waals surface area contributed by atoms with Crippen molar-refractivity contribution < 1.29 is 13.8 Å². The maximum atomic E-state index is 12.9. The van der Waals surface area contributed by atoms with Crippen LogP contribution >= 0.6 is 7.52 Å². The van der Waals surface area contributed by atoms with E-state index in [9.17, 15) is 4.57 Å². The second-order valence-electron chi connectivity index (χ2n) is 9.46. The largest absolute Gasteiger partial charge is 0.482 e. The second kappa shape index (κ2) is 10.3. The number of hydrogen-bond acceptors (Lipinski definition) is 7. The monoisotopic (exact) mass is 498 g/mol. The molecule has 1 aromatic carbocycles. The summed E-state index contributed by atoms with van der Waals surface area (Å²) in [5.41, 5.74) is 9.16. The molecule has 1 aliphatic carbocycles. The van der Waals surface area contributed by atoms with Crippen molar-refractivity contribution in [1.82, 2.24) is 24.5 Å². The van der Waals surface area contributed by atoms with E-state index < -0.39 is 7.52 Å². The highest BCUT2D eigenvalue weighted by Crippen LogP contribution is 2.44. The summed E-state index contributed by atoms with van der Waals surface area (Å²) in [6.07, 6.45) is 7.31. The molecule has 3 aromatic rings. The lowest BCUT2D eigenvalue weighted by Gasteiger charge is -2.42. The van der Waals surface area contributed by atoms with E-state index in [-0.39, 0.29) is 6.35 Å². The zero-order valence-electron chi connectivity index (χ0n) is 20.5. The number of likely N-dealkylation sites (tertiary alicyclic amines) is 1. The van der Waals surface area contributed by atoms with Gasteiger partial charge in [0.2, 0.25) is 0 Å². The number of hydrogen-bond donors (Lipinski definition) is 2. The number of nitrogens with one attached hydrogen (secondary N) is 1. The van der Waals surface area contributed by atoms with Crippen LogP contribution in [-0.4, -0.2) is 58.6 Å². The number of nitrogens with zero attached hydrogens (tertiary/aromatic N) is 4. The molecule has 5 rings (SSSR count). The number of rotatable bonds is 11.